The van der Waals surface area contributed by atoms with Gasteiger partial charge in [-0.05, 0) is 37.1 Å². The Morgan fingerprint density at radius 1 is 1.40 bits per heavy atom. The molecule has 0 amide bonds. The third kappa shape index (κ3) is 2.96. The van der Waals surface area contributed by atoms with Crippen LogP contribution in [0.2, 0.25) is 5.02 Å². The highest BCUT2D eigenvalue weighted by Gasteiger charge is 2.16. The van der Waals surface area contributed by atoms with Gasteiger partial charge in [0.25, 0.3) is 0 Å². The molecule has 1 aromatic rings. The van der Waals surface area contributed by atoms with Crippen LogP contribution in [0, 0.1) is 12.8 Å². The maximum absolute atomic E-state index is 6.02. The Balaban J connectivity index is 2.97. The van der Waals surface area contributed by atoms with Gasteiger partial charge in [-0.15, -0.1) is 0 Å². The first-order chi connectivity index (χ1) is 7.10. The van der Waals surface area contributed by atoms with Crippen LogP contribution in [0.3, 0.4) is 0 Å². The number of aryl methyl sites for hydroxylation is 1. The minimum Gasteiger partial charge on any atom is -0.313 e. The average Bonchev–Trinajstić information content (AvgIpc) is 2.24. The van der Waals surface area contributed by atoms with Crippen LogP contribution < -0.4 is 5.32 Å². The van der Waals surface area contributed by atoms with E-state index in [9.17, 15) is 0 Å². The standard InChI is InChI=1S/C13H20ClN/c1-5-9(2)13(15-4)11-6-7-12(14)10(3)8-11/h6-9,13,15H,5H2,1-4H3. The van der Waals surface area contributed by atoms with E-state index in [0.717, 1.165) is 10.6 Å². The van der Waals surface area contributed by atoms with E-state index in [0.29, 0.717) is 12.0 Å². The molecule has 0 aromatic heterocycles. The van der Waals surface area contributed by atoms with Gasteiger partial charge in [0.2, 0.25) is 0 Å². The third-order valence-corrected chi connectivity index (χ3v) is 3.49. The van der Waals surface area contributed by atoms with Gasteiger partial charge in [-0.25, -0.2) is 0 Å². The number of benzene rings is 1. The highest BCUT2D eigenvalue weighted by Crippen LogP contribution is 2.26. The van der Waals surface area contributed by atoms with Crippen molar-refractivity contribution < 1.29 is 0 Å². The SMILES string of the molecule is CCC(C)C(NC)c1ccc(Cl)c(C)c1. The fraction of sp³-hybridized carbons (Fsp3) is 0.538. The lowest BCUT2D eigenvalue weighted by Gasteiger charge is -2.23. The Morgan fingerprint density at radius 2 is 2.07 bits per heavy atom. The van der Waals surface area contributed by atoms with E-state index >= 15 is 0 Å². The van der Waals surface area contributed by atoms with Crippen LogP contribution in [0.1, 0.15) is 37.4 Å². The molecule has 0 heterocycles. The van der Waals surface area contributed by atoms with Gasteiger partial charge in [0, 0.05) is 11.1 Å². The third-order valence-electron chi connectivity index (χ3n) is 3.07. The quantitative estimate of drug-likeness (QED) is 0.818. The number of halogens is 1. The second-order valence-corrected chi connectivity index (χ2v) is 4.57. The molecule has 2 unspecified atom stereocenters. The molecule has 0 aliphatic carbocycles. The summed E-state index contributed by atoms with van der Waals surface area (Å²) in [6.45, 7) is 6.54. The summed E-state index contributed by atoms with van der Waals surface area (Å²) >= 11 is 6.02. The van der Waals surface area contributed by atoms with Gasteiger partial charge in [0.1, 0.15) is 0 Å². The van der Waals surface area contributed by atoms with Crippen LogP contribution in [0.25, 0.3) is 0 Å². The highest BCUT2D eigenvalue weighted by atomic mass is 35.5. The van der Waals surface area contributed by atoms with Gasteiger partial charge < -0.3 is 5.32 Å². The number of hydrogen-bond donors (Lipinski definition) is 1. The molecule has 1 aromatic carbocycles. The molecule has 1 N–H and O–H groups in total. The van der Waals surface area contributed by atoms with Crippen molar-refractivity contribution in [3.05, 3.63) is 34.3 Å². The molecule has 2 heteroatoms. The Bertz CT molecular complexity index is 322. The van der Waals surface area contributed by atoms with Crippen LogP contribution in [-0.2, 0) is 0 Å². The van der Waals surface area contributed by atoms with Gasteiger partial charge >= 0.3 is 0 Å². The monoisotopic (exact) mass is 225 g/mol. The van der Waals surface area contributed by atoms with Crippen LogP contribution in [-0.4, -0.2) is 7.05 Å². The number of rotatable bonds is 4. The van der Waals surface area contributed by atoms with E-state index < -0.39 is 0 Å². The maximum Gasteiger partial charge on any atom is 0.0435 e. The molecule has 0 bridgehead atoms. The molecular weight excluding hydrogens is 206 g/mol. The zero-order valence-electron chi connectivity index (χ0n) is 9.97. The highest BCUT2D eigenvalue weighted by molar-refractivity contribution is 6.31. The number of hydrogen-bond acceptors (Lipinski definition) is 1. The van der Waals surface area contributed by atoms with Gasteiger partial charge in [-0.1, -0.05) is 44.0 Å². The van der Waals surface area contributed by atoms with E-state index in [-0.39, 0.29) is 0 Å². The summed E-state index contributed by atoms with van der Waals surface area (Å²) in [5.74, 6) is 0.635. The first kappa shape index (κ1) is 12.5. The largest absolute Gasteiger partial charge is 0.313 e. The van der Waals surface area contributed by atoms with Crippen LogP contribution in [0.15, 0.2) is 18.2 Å². The predicted octanol–water partition coefficient (Wildman–Crippen LogP) is 3.96. The smallest absolute Gasteiger partial charge is 0.0435 e. The first-order valence-electron chi connectivity index (χ1n) is 5.53. The van der Waals surface area contributed by atoms with Crippen molar-refractivity contribution in [2.75, 3.05) is 7.05 Å². The molecule has 1 rings (SSSR count). The average molecular weight is 226 g/mol. The van der Waals surface area contributed by atoms with Crippen molar-refractivity contribution in [3.63, 3.8) is 0 Å². The second kappa shape index (κ2) is 5.53. The molecule has 1 nitrogen and oxygen atoms in total. The van der Waals surface area contributed by atoms with Crippen molar-refractivity contribution >= 4 is 11.6 Å². The fourth-order valence-corrected chi connectivity index (χ4v) is 1.99. The van der Waals surface area contributed by atoms with Crippen molar-refractivity contribution in [3.8, 4) is 0 Å². The van der Waals surface area contributed by atoms with Gasteiger partial charge in [0.15, 0.2) is 0 Å². The minimum absolute atomic E-state index is 0.422. The molecule has 0 fully saturated rings. The number of nitrogens with one attached hydrogen (secondary N) is 1. The Hall–Kier alpha value is -0.530. The predicted molar refractivity (Wildman–Crippen MR) is 67.4 cm³/mol. The zero-order valence-corrected chi connectivity index (χ0v) is 10.7. The maximum atomic E-state index is 6.02. The van der Waals surface area contributed by atoms with E-state index in [1.807, 2.05) is 13.1 Å². The van der Waals surface area contributed by atoms with E-state index in [4.69, 9.17) is 11.6 Å². The molecule has 15 heavy (non-hydrogen) atoms. The van der Waals surface area contributed by atoms with Crippen molar-refractivity contribution in [1.82, 2.24) is 5.32 Å². The topological polar surface area (TPSA) is 12.0 Å². The summed E-state index contributed by atoms with van der Waals surface area (Å²) in [6.07, 6.45) is 1.17. The molecule has 0 saturated heterocycles. The molecular formula is C13H20ClN. The minimum atomic E-state index is 0.422. The lowest BCUT2D eigenvalue weighted by atomic mass is 9.92. The first-order valence-corrected chi connectivity index (χ1v) is 5.91. The van der Waals surface area contributed by atoms with E-state index in [1.165, 1.54) is 12.0 Å². The van der Waals surface area contributed by atoms with E-state index in [2.05, 4.69) is 38.2 Å². The summed E-state index contributed by atoms with van der Waals surface area (Å²) in [5, 5.41) is 4.22. The summed E-state index contributed by atoms with van der Waals surface area (Å²) in [5.41, 5.74) is 2.48. The molecule has 0 aliphatic heterocycles. The lowest BCUT2D eigenvalue weighted by Crippen LogP contribution is -2.23. The molecule has 0 radical (unpaired) electrons. The summed E-state index contributed by atoms with van der Waals surface area (Å²) in [4.78, 5) is 0. The molecule has 2 atom stereocenters. The van der Waals surface area contributed by atoms with Crippen molar-refractivity contribution in [2.45, 2.75) is 33.2 Å². The fourth-order valence-electron chi connectivity index (χ4n) is 1.88. The Morgan fingerprint density at radius 3 is 2.53 bits per heavy atom. The lowest BCUT2D eigenvalue weighted by molar-refractivity contribution is 0.400. The zero-order chi connectivity index (χ0) is 11.4. The molecule has 0 spiro atoms. The van der Waals surface area contributed by atoms with Crippen LogP contribution in [0.4, 0.5) is 0 Å². The summed E-state index contributed by atoms with van der Waals surface area (Å²) in [6, 6.07) is 6.70. The van der Waals surface area contributed by atoms with Gasteiger partial charge in [0.05, 0.1) is 0 Å². The van der Waals surface area contributed by atoms with E-state index in [1.54, 1.807) is 0 Å². The molecule has 0 aliphatic rings. The van der Waals surface area contributed by atoms with Crippen LogP contribution >= 0.6 is 11.6 Å². The summed E-state index contributed by atoms with van der Waals surface area (Å²) in [7, 11) is 2.01. The Kier molecular flexibility index (Phi) is 4.62. The van der Waals surface area contributed by atoms with Crippen molar-refractivity contribution in [2.24, 2.45) is 5.92 Å². The molecule has 84 valence electrons. The summed E-state index contributed by atoms with van der Waals surface area (Å²) < 4.78 is 0. The van der Waals surface area contributed by atoms with Gasteiger partial charge in [-0.3, -0.25) is 0 Å². The van der Waals surface area contributed by atoms with Crippen molar-refractivity contribution in [1.29, 1.82) is 0 Å². The Labute approximate surface area is 97.8 Å². The van der Waals surface area contributed by atoms with Gasteiger partial charge in [-0.2, -0.15) is 0 Å². The second-order valence-electron chi connectivity index (χ2n) is 4.16. The normalized spacial score (nSPS) is 15.0. The van der Waals surface area contributed by atoms with Crippen LogP contribution in [0.5, 0.6) is 0 Å². The molecule has 0 saturated carbocycles.